The van der Waals surface area contributed by atoms with Gasteiger partial charge in [0, 0.05) is 17.6 Å². The molecular formula is C17H22N2O2. The molecule has 0 saturated carbocycles. The van der Waals surface area contributed by atoms with Gasteiger partial charge in [0.1, 0.15) is 6.04 Å². The zero-order chi connectivity index (χ0) is 15.4. The maximum absolute atomic E-state index is 11.3. The Kier molecular flexibility index (Phi) is 4.91. The number of rotatable bonds is 6. The molecule has 0 aliphatic carbocycles. The molecule has 1 aromatic heterocycles. The number of carboxylic acid groups (broad SMARTS) is 1. The van der Waals surface area contributed by atoms with Crippen molar-refractivity contribution < 1.29 is 9.90 Å². The first-order valence-electron chi connectivity index (χ1n) is 7.29. The highest BCUT2D eigenvalue weighted by molar-refractivity contribution is 5.82. The Morgan fingerprint density at radius 1 is 1.33 bits per heavy atom. The van der Waals surface area contributed by atoms with Crippen LogP contribution in [0.5, 0.6) is 0 Å². The van der Waals surface area contributed by atoms with Gasteiger partial charge in [-0.3, -0.25) is 9.78 Å². The number of aryl methyl sites for hydroxylation is 1. The lowest BCUT2D eigenvalue weighted by molar-refractivity contribution is -0.140. The summed E-state index contributed by atoms with van der Waals surface area (Å²) in [4.78, 5) is 15.8. The van der Waals surface area contributed by atoms with Crippen LogP contribution in [0.3, 0.4) is 0 Å². The van der Waals surface area contributed by atoms with Gasteiger partial charge in [-0.2, -0.15) is 0 Å². The zero-order valence-electron chi connectivity index (χ0n) is 12.8. The summed E-state index contributed by atoms with van der Waals surface area (Å²) in [5.41, 5.74) is 2.99. The number of carboxylic acids is 1. The normalized spacial score (nSPS) is 12.8. The van der Waals surface area contributed by atoms with E-state index in [4.69, 9.17) is 0 Å². The fraction of sp³-hybridized carbons (Fsp3) is 0.412. The van der Waals surface area contributed by atoms with E-state index in [-0.39, 0.29) is 0 Å². The van der Waals surface area contributed by atoms with Crippen molar-refractivity contribution >= 4 is 16.9 Å². The van der Waals surface area contributed by atoms with Gasteiger partial charge in [0.25, 0.3) is 0 Å². The van der Waals surface area contributed by atoms with Gasteiger partial charge >= 0.3 is 5.97 Å². The maximum Gasteiger partial charge on any atom is 0.320 e. The SMILES string of the molecule is Cc1cc(CNC(CC(C)C)C(=O)O)c2ccccc2n1. The number of hydrogen-bond donors (Lipinski definition) is 2. The third-order valence-corrected chi connectivity index (χ3v) is 3.47. The lowest BCUT2D eigenvalue weighted by Gasteiger charge is -2.17. The Morgan fingerprint density at radius 3 is 2.71 bits per heavy atom. The number of fused-ring (bicyclic) bond motifs is 1. The molecular weight excluding hydrogens is 264 g/mol. The molecule has 2 N–H and O–H groups in total. The number of hydrogen-bond acceptors (Lipinski definition) is 3. The third-order valence-electron chi connectivity index (χ3n) is 3.47. The summed E-state index contributed by atoms with van der Waals surface area (Å²) >= 11 is 0. The van der Waals surface area contributed by atoms with E-state index in [1.165, 1.54) is 0 Å². The minimum Gasteiger partial charge on any atom is -0.480 e. The number of benzene rings is 1. The van der Waals surface area contributed by atoms with Crippen LogP contribution in [0.25, 0.3) is 10.9 Å². The second kappa shape index (κ2) is 6.68. The minimum absolute atomic E-state index is 0.342. The average molecular weight is 286 g/mol. The van der Waals surface area contributed by atoms with Crippen LogP contribution in [0, 0.1) is 12.8 Å². The van der Waals surface area contributed by atoms with Gasteiger partial charge in [-0.15, -0.1) is 0 Å². The number of aliphatic carboxylic acids is 1. The molecule has 0 aliphatic rings. The monoisotopic (exact) mass is 286 g/mol. The van der Waals surface area contributed by atoms with Crippen molar-refractivity contribution in [1.29, 1.82) is 0 Å². The Morgan fingerprint density at radius 2 is 2.05 bits per heavy atom. The van der Waals surface area contributed by atoms with Gasteiger partial charge in [-0.05, 0) is 37.0 Å². The molecule has 1 unspecified atom stereocenters. The lowest BCUT2D eigenvalue weighted by atomic mass is 10.0. The first-order valence-corrected chi connectivity index (χ1v) is 7.29. The smallest absolute Gasteiger partial charge is 0.320 e. The van der Waals surface area contributed by atoms with Crippen LogP contribution in [0.15, 0.2) is 30.3 Å². The van der Waals surface area contributed by atoms with Gasteiger partial charge in [0.05, 0.1) is 5.52 Å². The van der Waals surface area contributed by atoms with Crippen molar-refractivity contribution in [2.45, 2.75) is 39.8 Å². The number of aromatic nitrogens is 1. The first kappa shape index (κ1) is 15.4. The standard InChI is InChI=1S/C17H22N2O2/c1-11(2)8-16(17(20)21)18-10-13-9-12(3)19-15-7-5-4-6-14(13)15/h4-7,9,11,16,18H,8,10H2,1-3H3,(H,20,21). The molecule has 2 aromatic rings. The van der Waals surface area contributed by atoms with Gasteiger partial charge in [-0.25, -0.2) is 0 Å². The Labute approximate surface area is 125 Å². The lowest BCUT2D eigenvalue weighted by Crippen LogP contribution is -2.37. The highest BCUT2D eigenvalue weighted by Crippen LogP contribution is 2.18. The van der Waals surface area contributed by atoms with E-state index < -0.39 is 12.0 Å². The molecule has 112 valence electrons. The molecule has 2 rings (SSSR count). The van der Waals surface area contributed by atoms with E-state index in [0.717, 1.165) is 22.2 Å². The van der Waals surface area contributed by atoms with E-state index in [1.807, 2.05) is 51.1 Å². The highest BCUT2D eigenvalue weighted by Gasteiger charge is 2.18. The molecule has 0 spiro atoms. The van der Waals surface area contributed by atoms with Gasteiger partial charge in [0.2, 0.25) is 0 Å². The van der Waals surface area contributed by atoms with Crippen LogP contribution >= 0.6 is 0 Å². The van der Waals surface area contributed by atoms with Crippen molar-refractivity contribution in [2.24, 2.45) is 5.92 Å². The summed E-state index contributed by atoms with van der Waals surface area (Å²) in [6, 6.07) is 9.45. The predicted octanol–water partition coefficient (Wildman–Crippen LogP) is 3.13. The van der Waals surface area contributed by atoms with E-state index in [2.05, 4.69) is 10.3 Å². The van der Waals surface area contributed by atoms with Crippen molar-refractivity contribution in [3.05, 3.63) is 41.6 Å². The molecule has 0 radical (unpaired) electrons. The molecule has 0 aliphatic heterocycles. The summed E-state index contributed by atoms with van der Waals surface area (Å²) in [7, 11) is 0. The molecule has 4 heteroatoms. The number of nitrogens with one attached hydrogen (secondary N) is 1. The third kappa shape index (κ3) is 4.02. The summed E-state index contributed by atoms with van der Waals surface area (Å²) in [6.45, 7) is 6.56. The zero-order valence-corrected chi connectivity index (χ0v) is 12.8. The first-order chi connectivity index (χ1) is 9.97. The maximum atomic E-state index is 11.3. The summed E-state index contributed by atoms with van der Waals surface area (Å²) in [6.07, 6.45) is 0.622. The van der Waals surface area contributed by atoms with Crippen LogP contribution in [-0.4, -0.2) is 22.1 Å². The molecule has 4 nitrogen and oxygen atoms in total. The molecule has 1 aromatic carbocycles. The fourth-order valence-electron chi connectivity index (χ4n) is 2.52. The van der Waals surface area contributed by atoms with Crippen LogP contribution in [0.2, 0.25) is 0 Å². The fourth-order valence-corrected chi connectivity index (χ4v) is 2.52. The van der Waals surface area contributed by atoms with E-state index in [1.54, 1.807) is 0 Å². The van der Waals surface area contributed by atoms with E-state index >= 15 is 0 Å². The summed E-state index contributed by atoms with van der Waals surface area (Å²) in [5.74, 6) is -0.451. The molecule has 21 heavy (non-hydrogen) atoms. The molecule has 0 fully saturated rings. The van der Waals surface area contributed by atoms with Gasteiger partial charge in [0.15, 0.2) is 0 Å². The number of pyridine rings is 1. The Hall–Kier alpha value is -1.94. The number of nitrogens with zero attached hydrogens (tertiary/aromatic N) is 1. The van der Waals surface area contributed by atoms with Crippen LogP contribution in [0.4, 0.5) is 0 Å². The average Bonchev–Trinajstić information content (AvgIpc) is 2.42. The number of para-hydroxylation sites is 1. The second-order valence-corrected chi connectivity index (χ2v) is 5.84. The topological polar surface area (TPSA) is 62.2 Å². The molecule has 1 atom stereocenters. The molecule has 0 saturated heterocycles. The minimum atomic E-state index is -0.793. The van der Waals surface area contributed by atoms with E-state index in [9.17, 15) is 9.90 Å². The molecule has 1 heterocycles. The number of carbonyl (C=O) groups is 1. The largest absolute Gasteiger partial charge is 0.480 e. The van der Waals surface area contributed by atoms with Crippen molar-refractivity contribution in [3.63, 3.8) is 0 Å². The van der Waals surface area contributed by atoms with Gasteiger partial charge in [-0.1, -0.05) is 32.0 Å². The second-order valence-electron chi connectivity index (χ2n) is 5.84. The van der Waals surface area contributed by atoms with Crippen molar-refractivity contribution in [2.75, 3.05) is 0 Å². The summed E-state index contributed by atoms with van der Waals surface area (Å²) < 4.78 is 0. The Bertz CT molecular complexity index is 638. The molecule has 0 amide bonds. The predicted molar refractivity (Wildman–Crippen MR) is 84.2 cm³/mol. The molecule has 0 bridgehead atoms. The van der Waals surface area contributed by atoms with Crippen molar-refractivity contribution in [1.82, 2.24) is 10.3 Å². The Balaban J connectivity index is 2.21. The van der Waals surface area contributed by atoms with Crippen LogP contribution in [0.1, 0.15) is 31.5 Å². The van der Waals surface area contributed by atoms with Crippen molar-refractivity contribution in [3.8, 4) is 0 Å². The van der Waals surface area contributed by atoms with Crippen LogP contribution < -0.4 is 5.32 Å². The highest BCUT2D eigenvalue weighted by atomic mass is 16.4. The van der Waals surface area contributed by atoms with Crippen LogP contribution in [-0.2, 0) is 11.3 Å². The van der Waals surface area contributed by atoms with Gasteiger partial charge < -0.3 is 10.4 Å². The summed E-state index contributed by atoms with van der Waals surface area (Å²) in [5, 5.41) is 13.5. The van der Waals surface area contributed by atoms with E-state index in [0.29, 0.717) is 18.9 Å². The quantitative estimate of drug-likeness (QED) is 0.856.